The Hall–Kier alpha value is -1.75. The van der Waals surface area contributed by atoms with Crippen molar-refractivity contribution < 1.29 is 14.3 Å². The van der Waals surface area contributed by atoms with Gasteiger partial charge in [-0.05, 0) is 57.1 Å². The van der Waals surface area contributed by atoms with E-state index >= 15 is 0 Å². The van der Waals surface area contributed by atoms with Crippen molar-refractivity contribution in [3.8, 4) is 11.5 Å². The maximum atomic E-state index is 12.1. The van der Waals surface area contributed by atoms with Gasteiger partial charge in [0, 0.05) is 12.1 Å². The van der Waals surface area contributed by atoms with Gasteiger partial charge in [0.2, 0.25) is 6.79 Å². The van der Waals surface area contributed by atoms with Crippen LogP contribution in [0.15, 0.2) is 18.2 Å². The topological polar surface area (TPSA) is 50.8 Å². The number of amides is 1. The number of hydrogen-bond donors (Lipinski definition) is 1. The van der Waals surface area contributed by atoms with Crippen LogP contribution in [0.1, 0.15) is 36.0 Å². The van der Waals surface area contributed by atoms with Gasteiger partial charge in [0.25, 0.3) is 5.91 Å². The first kappa shape index (κ1) is 14.2. The van der Waals surface area contributed by atoms with E-state index in [2.05, 4.69) is 10.2 Å². The van der Waals surface area contributed by atoms with Gasteiger partial charge in [-0.3, -0.25) is 4.79 Å². The fourth-order valence-electron chi connectivity index (χ4n) is 2.83. The highest BCUT2D eigenvalue weighted by atomic mass is 16.7. The Balaban J connectivity index is 1.41. The zero-order valence-electron chi connectivity index (χ0n) is 12.3. The number of ether oxygens (including phenoxy) is 2. The monoisotopic (exact) mass is 290 g/mol. The van der Waals surface area contributed by atoms with Crippen LogP contribution in [0.5, 0.6) is 11.5 Å². The molecule has 2 heterocycles. The number of piperidine rings is 1. The SMILES string of the molecule is O=C(NCCCN1CCCCC1)c1ccc2c(c1)OCO2. The second kappa shape index (κ2) is 6.80. The molecule has 5 nitrogen and oxygen atoms in total. The standard InChI is InChI=1S/C16H22N2O3/c19-16(13-5-6-14-15(11-13)21-12-20-14)17-7-4-10-18-8-2-1-3-9-18/h5-6,11H,1-4,7-10,12H2,(H,17,19). The van der Waals surface area contributed by atoms with Gasteiger partial charge in [-0.1, -0.05) is 6.42 Å². The molecule has 0 atom stereocenters. The van der Waals surface area contributed by atoms with Gasteiger partial charge in [0.05, 0.1) is 0 Å². The third kappa shape index (κ3) is 3.67. The van der Waals surface area contributed by atoms with Crippen molar-refractivity contribution in [2.75, 3.05) is 33.0 Å². The van der Waals surface area contributed by atoms with Crippen molar-refractivity contribution in [1.82, 2.24) is 10.2 Å². The molecule has 5 heteroatoms. The first-order valence-electron chi connectivity index (χ1n) is 7.73. The zero-order valence-corrected chi connectivity index (χ0v) is 12.3. The summed E-state index contributed by atoms with van der Waals surface area (Å²) in [7, 11) is 0. The molecular weight excluding hydrogens is 268 g/mol. The lowest BCUT2D eigenvalue weighted by molar-refractivity contribution is 0.0950. The molecule has 1 aromatic rings. The van der Waals surface area contributed by atoms with Crippen LogP contribution in [0.3, 0.4) is 0 Å². The van der Waals surface area contributed by atoms with Gasteiger partial charge in [-0.25, -0.2) is 0 Å². The summed E-state index contributed by atoms with van der Waals surface area (Å²) < 4.78 is 10.5. The van der Waals surface area contributed by atoms with Gasteiger partial charge < -0.3 is 19.7 Å². The van der Waals surface area contributed by atoms with E-state index in [9.17, 15) is 4.79 Å². The number of nitrogens with zero attached hydrogens (tertiary/aromatic N) is 1. The third-order valence-electron chi connectivity index (χ3n) is 4.02. The maximum absolute atomic E-state index is 12.1. The maximum Gasteiger partial charge on any atom is 0.251 e. The largest absolute Gasteiger partial charge is 0.454 e. The number of carbonyl (C=O) groups is 1. The van der Waals surface area contributed by atoms with Crippen LogP contribution in [-0.4, -0.2) is 43.8 Å². The first-order valence-corrected chi connectivity index (χ1v) is 7.73. The Labute approximate surface area is 125 Å². The minimum atomic E-state index is -0.0491. The average Bonchev–Trinajstić information content (AvgIpc) is 3.00. The van der Waals surface area contributed by atoms with E-state index < -0.39 is 0 Å². The molecule has 0 spiro atoms. The minimum Gasteiger partial charge on any atom is -0.454 e. The lowest BCUT2D eigenvalue weighted by Gasteiger charge is -2.26. The quantitative estimate of drug-likeness (QED) is 0.843. The summed E-state index contributed by atoms with van der Waals surface area (Å²) in [4.78, 5) is 14.6. The van der Waals surface area contributed by atoms with Crippen LogP contribution in [-0.2, 0) is 0 Å². The second-order valence-electron chi connectivity index (χ2n) is 5.58. The number of nitrogens with one attached hydrogen (secondary N) is 1. The number of rotatable bonds is 5. The fraction of sp³-hybridized carbons (Fsp3) is 0.562. The highest BCUT2D eigenvalue weighted by Crippen LogP contribution is 2.32. The van der Waals surface area contributed by atoms with Crippen molar-refractivity contribution in [3.05, 3.63) is 23.8 Å². The van der Waals surface area contributed by atoms with Crippen molar-refractivity contribution in [2.45, 2.75) is 25.7 Å². The molecule has 0 bridgehead atoms. The lowest BCUT2D eigenvalue weighted by atomic mass is 10.1. The van der Waals surface area contributed by atoms with Crippen LogP contribution in [0.2, 0.25) is 0 Å². The minimum absolute atomic E-state index is 0.0491. The number of hydrogen-bond acceptors (Lipinski definition) is 4. The summed E-state index contributed by atoms with van der Waals surface area (Å²) in [5, 5.41) is 2.97. The van der Waals surface area contributed by atoms with E-state index in [-0.39, 0.29) is 12.7 Å². The van der Waals surface area contributed by atoms with Crippen molar-refractivity contribution in [1.29, 1.82) is 0 Å². The lowest BCUT2D eigenvalue weighted by Crippen LogP contribution is -2.33. The molecule has 0 aliphatic carbocycles. The Morgan fingerprint density at radius 1 is 1.14 bits per heavy atom. The second-order valence-corrected chi connectivity index (χ2v) is 5.58. The van der Waals surface area contributed by atoms with Crippen molar-refractivity contribution in [3.63, 3.8) is 0 Å². The van der Waals surface area contributed by atoms with Gasteiger partial charge in [0.15, 0.2) is 11.5 Å². The molecule has 1 amide bonds. The summed E-state index contributed by atoms with van der Waals surface area (Å²) in [5.41, 5.74) is 0.622. The van der Waals surface area contributed by atoms with E-state index in [4.69, 9.17) is 9.47 Å². The smallest absolute Gasteiger partial charge is 0.251 e. The summed E-state index contributed by atoms with van der Waals surface area (Å²) >= 11 is 0. The third-order valence-corrected chi connectivity index (χ3v) is 4.02. The molecule has 2 aliphatic heterocycles. The molecule has 114 valence electrons. The molecule has 3 rings (SSSR count). The number of benzene rings is 1. The Kier molecular flexibility index (Phi) is 4.60. The normalized spacial score (nSPS) is 17.7. The van der Waals surface area contributed by atoms with E-state index in [1.807, 2.05) is 0 Å². The van der Waals surface area contributed by atoms with E-state index in [0.29, 0.717) is 23.6 Å². The van der Waals surface area contributed by atoms with Crippen LogP contribution < -0.4 is 14.8 Å². The molecule has 1 fully saturated rings. The van der Waals surface area contributed by atoms with Gasteiger partial charge in [-0.15, -0.1) is 0 Å². The molecule has 1 aromatic carbocycles. The summed E-state index contributed by atoms with van der Waals surface area (Å²) in [6, 6.07) is 5.29. The van der Waals surface area contributed by atoms with E-state index in [1.54, 1.807) is 18.2 Å². The summed E-state index contributed by atoms with van der Waals surface area (Å²) in [6.45, 7) is 4.42. The number of likely N-dealkylation sites (tertiary alicyclic amines) is 1. The van der Waals surface area contributed by atoms with Crippen LogP contribution in [0.4, 0.5) is 0 Å². The van der Waals surface area contributed by atoms with E-state index in [0.717, 1.165) is 13.0 Å². The molecular formula is C16H22N2O3. The molecule has 1 saturated heterocycles. The predicted molar refractivity (Wildman–Crippen MR) is 79.8 cm³/mol. The predicted octanol–water partition coefficient (Wildman–Crippen LogP) is 2.02. The molecule has 21 heavy (non-hydrogen) atoms. The van der Waals surface area contributed by atoms with Crippen LogP contribution in [0.25, 0.3) is 0 Å². The van der Waals surface area contributed by atoms with E-state index in [1.165, 1.54) is 32.4 Å². The Morgan fingerprint density at radius 2 is 1.95 bits per heavy atom. The first-order chi connectivity index (χ1) is 10.3. The highest BCUT2D eigenvalue weighted by Gasteiger charge is 2.16. The Bertz CT molecular complexity index is 498. The van der Waals surface area contributed by atoms with Crippen molar-refractivity contribution >= 4 is 5.91 Å². The fourth-order valence-corrected chi connectivity index (χ4v) is 2.83. The van der Waals surface area contributed by atoms with Gasteiger partial charge in [-0.2, -0.15) is 0 Å². The molecule has 0 aromatic heterocycles. The molecule has 0 saturated carbocycles. The molecule has 0 radical (unpaired) electrons. The van der Waals surface area contributed by atoms with Crippen LogP contribution in [0, 0.1) is 0 Å². The number of carbonyl (C=O) groups excluding carboxylic acids is 1. The zero-order chi connectivity index (χ0) is 14.5. The van der Waals surface area contributed by atoms with Gasteiger partial charge in [0.1, 0.15) is 0 Å². The Morgan fingerprint density at radius 3 is 2.81 bits per heavy atom. The van der Waals surface area contributed by atoms with Crippen LogP contribution >= 0.6 is 0 Å². The summed E-state index contributed by atoms with van der Waals surface area (Å²) in [5.74, 6) is 1.31. The highest BCUT2D eigenvalue weighted by molar-refractivity contribution is 5.94. The van der Waals surface area contributed by atoms with Crippen molar-refractivity contribution in [2.24, 2.45) is 0 Å². The number of fused-ring (bicyclic) bond motifs is 1. The molecule has 0 unspecified atom stereocenters. The van der Waals surface area contributed by atoms with Gasteiger partial charge >= 0.3 is 0 Å². The molecule has 1 N–H and O–H groups in total. The average molecular weight is 290 g/mol. The molecule has 2 aliphatic rings. The summed E-state index contributed by atoms with van der Waals surface area (Å²) in [6.07, 6.45) is 4.97.